The standard InChI is InChI=1S/C15H20O/c1-15(2,3)12-8-7-11-14(16)13-9-5-4-6-10-13/h4-6,8-10,12H,7,11H2,1-3H3/b12-8+. The first kappa shape index (κ1) is 12.7. The first-order chi connectivity index (χ1) is 7.49. The molecule has 0 amide bonds. The second kappa shape index (κ2) is 5.64. The lowest BCUT2D eigenvalue weighted by molar-refractivity contribution is 0.0983. The van der Waals surface area contributed by atoms with Crippen molar-refractivity contribution in [3.63, 3.8) is 0 Å². The molecule has 0 saturated carbocycles. The van der Waals surface area contributed by atoms with Crippen LogP contribution < -0.4 is 0 Å². The summed E-state index contributed by atoms with van der Waals surface area (Å²) < 4.78 is 0. The number of carbonyl (C=O) groups is 1. The van der Waals surface area contributed by atoms with E-state index >= 15 is 0 Å². The Morgan fingerprint density at radius 3 is 2.38 bits per heavy atom. The van der Waals surface area contributed by atoms with E-state index in [0.29, 0.717) is 6.42 Å². The second-order valence-electron chi connectivity index (χ2n) is 5.10. The number of ketones is 1. The Balaban J connectivity index is 2.40. The molecule has 0 aromatic heterocycles. The Bertz CT molecular complexity index is 355. The number of carbonyl (C=O) groups excluding carboxylic acids is 1. The van der Waals surface area contributed by atoms with Gasteiger partial charge in [0.1, 0.15) is 0 Å². The lowest BCUT2D eigenvalue weighted by Gasteiger charge is -2.10. The van der Waals surface area contributed by atoms with Gasteiger partial charge in [-0.1, -0.05) is 63.3 Å². The van der Waals surface area contributed by atoms with Crippen LogP contribution >= 0.6 is 0 Å². The van der Waals surface area contributed by atoms with Gasteiger partial charge in [0.2, 0.25) is 0 Å². The predicted octanol–water partition coefficient (Wildman–Crippen LogP) is 4.25. The molecule has 16 heavy (non-hydrogen) atoms. The van der Waals surface area contributed by atoms with Crippen molar-refractivity contribution in [1.82, 2.24) is 0 Å². The smallest absolute Gasteiger partial charge is 0.163 e. The number of benzene rings is 1. The number of allylic oxidation sites excluding steroid dienone is 2. The quantitative estimate of drug-likeness (QED) is 0.543. The van der Waals surface area contributed by atoms with Crippen LogP contribution in [0.4, 0.5) is 0 Å². The van der Waals surface area contributed by atoms with E-state index in [4.69, 9.17) is 0 Å². The average Bonchev–Trinajstić information content (AvgIpc) is 2.24. The summed E-state index contributed by atoms with van der Waals surface area (Å²) in [5.41, 5.74) is 1.02. The van der Waals surface area contributed by atoms with Crippen molar-refractivity contribution in [2.75, 3.05) is 0 Å². The summed E-state index contributed by atoms with van der Waals surface area (Å²) in [7, 11) is 0. The third kappa shape index (κ3) is 4.92. The number of Topliss-reactive ketones (excluding diaryl/α,β-unsaturated/α-hetero) is 1. The summed E-state index contributed by atoms with van der Waals surface area (Å²) in [6, 6.07) is 9.47. The maximum Gasteiger partial charge on any atom is 0.163 e. The van der Waals surface area contributed by atoms with Crippen molar-refractivity contribution < 1.29 is 4.79 Å². The average molecular weight is 216 g/mol. The molecule has 1 aromatic carbocycles. The van der Waals surface area contributed by atoms with Crippen molar-refractivity contribution in [2.45, 2.75) is 33.6 Å². The first-order valence-electron chi connectivity index (χ1n) is 5.75. The van der Waals surface area contributed by atoms with Gasteiger partial charge in [0.25, 0.3) is 0 Å². The zero-order valence-electron chi connectivity index (χ0n) is 10.4. The topological polar surface area (TPSA) is 17.1 Å². The summed E-state index contributed by atoms with van der Waals surface area (Å²) in [6.45, 7) is 6.47. The van der Waals surface area contributed by atoms with Crippen LogP contribution in [-0.4, -0.2) is 5.78 Å². The van der Waals surface area contributed by atoms with E-state index in [1.54, 1.807) is 0 Å². The SMILES string of the molecule is CC(C)(C)/C=C/CCC(=O)c1ccccc1. The minimum atomic E-state index is 0.204. The Kier molecular flexibility index (Phi) is 4.48. The van der Waals surface area contributed by atoms with Crippen LogP contribution in [0.3, 0.4) is 0 Å². The Labute approximate surface area is 98.2 Å². The van der Waals surface area contributed by atoms with Crippen molar-refractivity contribution >= 4 is 5.78 Å². The highest BCUT2D eigenvalue weighted by atomic mass is 16.1. The molecule has 0 aliphatic rings. The van der Waals surface area contributed by atoms with Gasteiger partial charge in [0.15, 0.2) is 5.78 Å². The minimum absolute atomic E-state index is 0.204. The van der Waals surface area contributed by atoms with Gasteiger partial charge < -0.3 is 0 Å². The van der Waals surface area contributed by atoms with E-state index in [1.807, 2.05) is 30.3 Å². The van der Waals surface area contributed by atoms with Crippen LogP contribution in [0.2, 0.25) is 0 Å². The third-order valence-corrected chi connectivity index (χ3v) is 2.25. The van der Waals surface area contributed by atoms with E-state index in [9.17, 15) is 4.79 Å². The molecule has 0 radical (unpaired) electrons. The fraction of sp³-hybridized carbons (Fsp3) is 0.400. The molecule has 1 heteroatoms. The lowest BCUT2D eigenvalue weighted by atomic mass is 9.95. The summed E-state index contributed by atoms with van der Waals surface area (Å²) in [5, 5.41) is 0. The zero-order valence-corrected chi connectivity index (χ0v) is 10.4. The molecule has 0 aliphatic heterocycles. The molecule has 0 atom stereocenters. The Hall–Kier alpha value is -1.37. The van der Waals surface area contributed by atoms with Gasteiger partial charge in [-0.05, 0) is 11.8 Å². The number of hydrogen-bond acceptors (Lipinski definition) is 1. The van der Waals surface area contributed by atoms with E-state index in [1.165, 1.54) is 0 Å². The molecule has 1 aromatic rings. The van der Waals surface area contributed by atoms with Gasteiger partial charge in [-0.3, -0.25) is 4.79 Å². The monoisotopic (exact) mass is 216 g/mol. The highest BCUT2D eigenvalue weighted by molar-refractivity contribution is 5.96. The highest BCUT2D eigenvalue weighted by Gasteiger charge is 2.05. The predicted molar refractivity (Wildman–Crippen MR) is 68.6 cm³/mol. The second-order valence-corrected chi connectivity index (χ2v) is 5.10. The molecule has 0 spiro atoms. The summed E-state index contributed by atoms with van der Waals surface area (Å²) in [6.07, 6.45) is 5.67. The summed E-state index contributed by atoms with van der Waals surface area (Å²) in [5.74, 6) is 0.221. The van der Waals surface area contributed by atoms with Gasteiger partial charge in [0.05, 0.1) is 0 Å². The minimum Gasteiger partial charge on any atom is -0.294 e. The molecule has 0 fully saturated rings. The van der Waals surface area contributed by atoms with Gasteiger partial charge in [-0.15, -0.1) is 0 Å². The maximum atomic E-state index is 11.7. The van der Waals surface area contributed by atoms with Gasteiger partial charge in [-0.25, -0.2) is 0 Å². The van der Waals surface area contributed by atoms with E-state index in [2.05, 4.69) is 32.9 Å². The van der Waals surface area contributed by atoms with Crippen molar-refractivity contribution in [2.24, 2.45) is 5.41 Å². The van der Waals surface area contributed by atoms with Crippen molar-refractivity contribution in [3.8, 4) is 0 Å². The van der Waals surface area contributed by atoms with Crippen LogP contribution in [0.15, 0.2) is 42.5 Å². The molecule has 1 nitrogen and oxygen atoms in total. The van der Waals surface area contributed by atoms with Crippen molar-refractivity contribution in [1.29, 1.82) is 0 Å². The summed E-state index contributed by atoms with van der Waals surface area (Å²) >= 11 is 0. The molecule has 0 heterocycles. The Morgan fingerprint density at radius 1 is 1.19 bits per heavy atom. The molecule has 0 bridgehead atoms. The maximum absolute atomic E-state index is 11.7. The van der Waals surface area contributed by atoms with Gasteiger partial charge in [0, 0.05) is 12.0 Å². The first-order valence-corrected chi connectivity index (χ1v) is 5.75. The summed E-state index contributed by atoms with van der Waals surface area (Å²) in [4.78, 5) is 11.7. The van der Waals surface area contributed by atoms with Crippen LogP contribution in [0.5, 0.6) is 0 Å². The van der Waals surface area contributed by atoms with Crippen LogP contribution in [0, 0.1) is 5.41 Å². The molecule has 1 rings (SSSR count). The molecule has 86 valence electrons. The fourth-order valence-corrected chi connectivity index (χ4v) is 1.42. The normalized spacial score (nSPS) is 11.9. The largest absolute Gasteiger partial charge is 0.294 e. The van der Waals surface area contributed by atoms with Crippen LogP contribution in [0.1, 0.15) is 44.0 Å². The van der Waals surface area contributed by atoms with E-state index in [-0.39, 0.29) is 11.2 Å². The van der Waals surface area contributed by atoms with E-state index < -0.39 is 0 Å². The van der Waals surface area contributed by atoms with Crippen LogP contribution in [0.25, 0.3) is 0 Å². The van der Waals surface area contributed by atoms with Gasteiger partial charge >= 0.3 is 0 Å². The lowest BCUT2D eigenvalue weighted by Crippen LogP contribution is -2.00. The molecular formula is C15H20O. The van der Waals surface area contributed by atoms with Gasteiger partial charge in [-0.2, -0.15) is 0 Å². The van der Waals surface area contributed by atoms with Crippen molar-refractivity contribution in [3.05, 3.63) is 48.0 Å². The van der Waals surface area contributed by atoms with E-state index in [0.717, 1.165) is 12.0 Å². The zero-order chi connectivity index (χ0) is 12.0. The highest BCUT2D eigenvalue weighted by Crippen LogP contribution is 2.15. The number of rotatable bonds is 4. The molecular weight excluding hydrogens is 196 g/mol. The fourth-order valence-electron chi connectivity index (χ4n) is 1.42. The Morgan fingerprint density at radius 2 is 1.81 bits per heavy atom. The van der Waals surface area contributed by atoms with Crippen LogP contribution in [-0.2, 0) is 0 Å². The molecule has 0 saturated heterocycles. The molecule has 0 N–H and O–H groups in total. The molecule has 0 unspecified atom stereocenters. The molecule has 0 aliphatic carbocycles. The third-order valence-electron chi connectivity index (χ3n) is 2.25. The number of hydrogen-bond donors (Lipinski definition) is 0.